The SMILES string of the molecule is Cc1ccc(Cl)cc1NC(=O)c1ccc(-c2ccc(F)cc2)[nH]c1=O. The largest absolute Gasteiger partial charge is 0.322 e. The van der Waals surface area contributed by atoms with Gasteiger partial charge >= 0.3 is 0 Å². The Morgan fingerprint density at radius 2 is 1.80 bits per heavy atom. The summed E-state index contributed by atoms with van der Waals surface area (Å²) in [5.74, 6) is -0.892. The first-order valence-corrected chi connectivity index (χ1v) is 7.88. The van der Waals surface area contributed by atoms with Crippen molar-refractivity contribution in [3.63, 3.8) is 0 Å². The average molecular weight is 357 g/mol. The maximum atomic E-state index is 13.0. The highest BCUT2D eigenvalue weighted by molar-refractivity contribution is 6.31. The van der Waals surface area contributed by atoms with E-state index in [9.17, 15) is 14.0 Å². The quantitative estimate of drug-likeness (QED) is 0.730. The van der Waals surface area contributed by atoms with Crippen LogP contribution in [-0.4, -0.2) is 10.9 Å². The number of carbonyl (C=O) groups is 1. The fraction of sp³-hybridized carbons (Fsp3) is 0.0526. The highest BCUT2D eigenvalue weighted by Gasteiger charge is 2.13. The van der Waals surface area contributed by atoms with Gasteiger partial charge in [-0.25, -0.2) is 4.39 Å². The molecule has 0 saturated carbocycles. The highest BCUT2D eigenvalue weighted by Crippen LogP contribution is 2.21. The lowest BCUT2D eigenvalue weighted by molar-refractivity contribution is 0.102. The van der Waals surface area contributed by atoms with Crippen LogP contribution >= 0.6 is 11.6 Å². The maximum absolute atomic E-state index is 13.0. The smallest absolute Gasteiger partial charge is 0.261 e. The summed E-state index contributed by atoms with van der Waals surface area (Å²) in [6, 6.07) is 13.9. The lowest BCUT2D eigenvalue weighted by Gasteiger charge is -2.09. The molecule has 0 bridgehead atoms. The van der Waals surface area contributed by atoms with E-state index in [2.05, 4.69) is 10.3 Å². The molecule has 0 spiro atoms. The number of amides is 1. The Morgan fingerprint density at radius 3 is 2.48 bits per heavy atom. The molecule has 25 heavy (non-hydrogen) atoms. The number of nitrogens with one attached hydrogen (secondary N) is 2. The number of halogens is 2. The molecule has 126 valence electrons. The summed E-state index contributed by atoms with van der Waals surface area (Å²) in [4.78, 5) is 27.3. The number of pyridine rings is 1. The predicted molar refractivity (Wildman–Crippen MR) is 96.6 cm³/mol. The maximum Gasteiger partial charge on any atom is 0.261 e. The van der Waals surface area contributed by atoms with Gasteiger partial charge in [0.2, 0.25) is 0 Å². The van der Waals surface area contributed by atoms with E-state index in [1.807, 2.05) is 6.92 Å². The van der Waals surface area contributed by atoms with Crippen LogP contribution in [0.25, 0.3) is 11.3 Å². The van der Waals surface area contributed by atoms with Crippen molar-refractivity contribution < 1.29 is 9.18 Å². The number of hydrogen-bond acceptors (Lipinski definition) is 2. The van der Waals surface area contributed by atoms with E-state index in [0.717, 1.165) is 5.56 Å². The van der Waals surface area contributed by atoms with E-state index in [0.29, 0.717) is 22.0 Å². The Bertz CT molecular complexity index is 997. The van der Waals surface area contributed by atoms with Gasteiger partial charge in [0, 0.05) is 16.4 Å². The van der Waals surface area contributed by atoms with Crippen molar-refractivity contribution in [1.82, 2.24) is 4.98 Å². The van der Waals surface area contributed by atoms with E-state index in [-0.39, 0.29) is 11.4 Å². The van der Waals surface area contributed by atoms with Crippen LogP contribution in [0.15, 0.2) is 59.4 Å². The Labute approximate surface area is 148 Å². The topological polar surface area (TPSA) is 62.0 Å². The zero-order valence-electron chi connectivity index (χ0n) is 13.3. The van der Waals surface area contributed by atoms with E-state index in [4.69, 9.17) is 11.6 Å². The molecule has 3 aromatic rings. The van der Waals surface area contributed by atoms with Crippen LogP contribution in [0.4, 0.5) is 10.1 Å². The molecule has 1 amide bonds. The Kier molecular flexibility index (Phi) is 4.67. The lowest BCUT2D eigenvalue weighted by atomic mass is 10.1. The van der Waals surface area contributed by atoms with Gasteiger partial charge in [-0.05, 0) is 66.6 Å². The Hall–Kier alpha value is -2.92. The van der Waals surface area contributed by atoms with Crippen molar-refractivity contribution in [1.29, 1.82) is 0 Å². The summed E-state index contributed by atoms with van der Waals surface area (Å²) in [6.07, 6.45) is 0. The van der Waals surface area contributed by atoms with Crippen LogP contribution < -0.4 is 10.9 Å². The van der Waals surface area contributed by atoms with Gasteiger partial charge in [0.05, 0.1) is 0 Å². The van der Waals surface area contributed by atoms with Gasteiger partial charge in [-0.15, -0.1) is 0 Å². The standard InChI is InChI=1S/C19H14ClFN2O2/c1-11-2-5-13(20)10-17(11)23-19(25)15-8-9-16(22-18(15)24)12-3-6-14(21)7-4-12/h2-10H,1H3,(H,22,24)(H,23,25). The second-order valence-corrected chi connectivity index (χ2v) is 5.97. The van der Waals surface area contributed by atoms with Gasteiger partial charge < -0.3 is 10.3 Å². The second-order valence-electron chi connectivity index (χ2n) is 5.54. The number of aromatic nitrogens is 1. The molecule has 6 heteroatoms. The molecular weight excluding hydrogens is 343 g/mol. The zero-order valence-corrected chi connectivity index (χ0v) is 14.0. The highest BCUT2D eigenvalue weighted by atomic mass is 35.5. The zero-order chi connectivity index (χ0) is 18.0. The number of aromatic amines is 1. The lowest BCUT2D eigenvalue weighted by Crippen LogP contribution is -2.23. The molecule has 0 unspecified atom stereocenters. The molecular formula is C19H14ClFN2O2. The minimum absolute atomic E-state index is 0.0229. The van der Waals surface area contributed by atoms with Gasteiger partial charge in [0.25, 0.3) is 11.5 Å². The normalized spacial score (nSPS) is 10.5. The molecule has 0 atom stereocenters. The number of aryl methyl sites for hydroxylation is 1. The summed E-state index contributed by atoms with van der Waals surface area (Å²) in [5, 5.41) is 3.17. The van der Waals surface area contributed by atoms with Crippen LogP contribution in [0.2, 0.25) is 5.02 Å². The molecule has 2 aromatic carbocycles. The van der Waals surface area contributed by atoms with Crippen molar-refractivity contribution in [2.75, 3.05) is 5.32 Å². The van der Waals surface area contributed by atoms with Crippen LogP contribution in [-0.2, 0) is 0 Å². The number of anilines is 1. The van der Waals surface area contributed by atoms with Gasteiger partial charge in [-0.2, -0.15) is 0 Å². The monoisotopic (exact) mass is 356 g/mol. The van der Waals surface area contributed by atoms with Crippen LogP contribution in [0.1, 0.15) is 15.9 Å². The first-order chi connectivity index (χ1) is 11.9. The van der Waals surface area contributed by atoms with Gasteiger partial charge in [0.1, 0.15) is 11.4 Å². The third-order valence-corrected chi connectivity index (χ3v) is 3.99. The molecule has 3 rings (SSSR count). The molecule has 2 N–H and O–H groups in total. The number of H-pyrrole nitrogens is 1. The predicted octanol–water partition coefficient (Wildman–Crippen LogP) is 4.40. The summed E-state index contributed by atoms with van der Waals surface area (Å²) in [6.45, 7) is 1.83. The molecule has 0 saturated heterocycles. The molecule has 0 aliphatic rings. The third kappa shape index (κ3) is 3.78. The fourth-order valence-corrected chi connectivity index (χ4v) is 2.54. The van der Waals surface area contributed by atoms with Gasteiger partial charge in [-0.3, -0.25) is 9.59 Å². The van der Waals surface area contributed by atoms with Crippen molar-refractivity contribution in [3.05, 3.63) is 86.9 Å². The minimum Gasteiger partial charge on any atom is -0.322 e. The fourth-order valence-electron chi connectivity index (χ4n) is 2.37. The van der Waals surface area contributed by atoms with Crippen molar-refractivity contribution in [2.24, 2.45) is 0 Å². The summed E-state index contributed by atoms with van der Waals surface area (Å²) >= 11 is 5.93. The third-order valence-electron chi connectivity index (χ3n) is 3.76. The molecule has 1 aromatic heterocycles. The molecule has 0 fully saturated rings. The van der Waals surface area contributed by atoms with Gasteiger partial charge in [-0.1, -0.05) is 17.7 Å². The van der Waals surface area contributed by atoms with E-state index in [1.54, 1.807) is 36.4 Å². The average Bonchev–Trinajstić information content (AvgIpc) is 2.58. The van der Waals surface area contributed by atoms with E-state index >= 15 is 0 Å². The Balaban J connectivity index is 1.88. The number of hydrogen-bond donors (Lipinski definition) is 2. The molecule has 1 heterocycles. The van der Waals surface area contributed by atoms with Gasteiger partial charge in [0.15, 0.2) is 0 Å². The number of benzene rings is 2. The summed E-state index contributed by atoms with van der Waals surface area (Å²) in [5.41, 5.74) is 1.97. The van der Waals surface area contributed by atoms with Crippen molar-refractivity contribution >= 4 is 23.2 Å². The van der Waals surface area contributed by atoms with Crippen LogP contribution in [0.5, 0.6) is 0 Å². The Morgan fingerprint density at radius 1 is 1.08 bits per heavy atom. The minimum atomic E-state index is -0.530. The first-order valence-electron chi connectivity index (χ1n) is 7.51. The van der Waals surface area contributed by atoms with E-state index in [1.165, 1.54) is 18.2 Å². The molecule has 0 radical (unpaired) electrons. The van der Waals surface area contributed by atoms with Crippen molar-refractivity contribution in [2.45, 2.75) is 6.92 Å². The summed E-state index contributed by atoms with van der Waals surface area (Å²) in [7, 11) is 0. The number of carbonyl (C=O) groups excluding carboxylic acids is 1. The second kappa shape index (κ2) is 6.91. The summed E-state index contributed by atoms with van der Waals surface area (Å²) < 4.78 is 13.0. The molecule has 0 aliphatic carbocycles. The van der Waals surface area contributed by atoms with Crippen LogP contribution in [0, 0.1) is 12.7 Å². The molecule has 4 nitrogen and oxygen atoms in total. The van der Waals surface area contributed by atoms with Crippen molar-refractivity contribution in [3.8, 4) is 11.3 Å². The van der Waals surface area contributed by atoms with E-state index < -0.39 is 11.5 Å². The number of rotatable bonds is 3. The first kappa shape index (κ1) is 16.9. The molecule has 0 aliphatic heterocycles. The van der Waals surface area contributed by atoms with Crippen LogP contribution in [0.3, 0.4) is 0 Å².